The molecule has 0 spiro atoms. The van der Waals surface area contributed by atoms with E-state index in [9.17, 15) is 0 Å². The predicted octanol–water partition coefficient (Wildman–Crippen LogP) is 1.08. The summed E-state index contributed by atoms with van der Waals surface area (Å²) in [5.74, 6) is 1.78. The van der Waals surface area contributed by atoms with Crippen molar-refractivity contribution in [3.05, 3.63) is 0 Å². The van der Waals surface area contributed by atoms with Crippen molar-refractivity contribution in [2.45, 2.75) is 25.7 Å². The van der Waals surface area contributed by atoms with Gasteiger partial charge in [-0.25, -0.2) is 0 Å². The quantitative estimate of drug-likeness (QED) is 0.716. The molecule has 1 unspecified atom stereocenters. The van der Waals surface area contributed by atoms with E-state index < -0.39 is 0 Å². The molecule has 15 heavy (non-hydrogen) atoms. The van der Waals surface area contributed by atoms with Crippen molar-refractivity contribution in [3.63, 3.8) is 0 Å². The smallest absolute Gasteiger partial charge is 0.0516 e. The van der Waals surface area contributed by atoms with Crippen molar-refractivity contribution in [3.8, 4) is 0 Å². The van der Waals surface area contributed by atoms with Gasteiger partial charge >= 0.3 is 0 Å². The monoisotopic (exact) mass is 212 g/mol. The highest BCUT2D eigenvalue weighted by atomic mass is 16.5. The number of ether oxygens (including phenoxy) is 1. The first-order valence-corrected chi connectivity index (χ1v) is 6.38. The Morgan fingerprint density at radius 2 is 2.07 bits per heavy atom. The Kier molecular flexibility index (Phi) is 4.42. The van der Waals surface area contributed by atoms with Gasteiger partial charge in [0.05, 0.1) is 13.2 Å². The Morgan fingerprint density at radius 3 is 2.73 bits per heavy atom. The summed E-state index contributed by atoms with van der Waals surface area (Å²) in [5.41, 5.74) is 5.54. The molecule has 3 nitrogen and oxygen atoms in total. The van der Waals surface area contributed by atoms with E-state index in [-0.39, 0.29) is 0 Å². The van der Waals surface area contributed by atoms with Crippen LogP contribution in [0.15, 0.2) is 0 Å². The maximum atomic E-state index is 5.54. The van der Waals surface area contributed by atoms with Crippen molar-refractivity contribution in [2.24, 2.45) is 17.6 Å². The van der Waals surface area contributed by atoms with Gasteiger partial charge in [-0.3, -0.25) is 0 Å². The number of hydrogen-bond donors (Lipinski definition) is 1. The maximum absolute atomic E-state index is 5.54. The Morgan fingerprint density at radius 1 is 1.20 bits per heavy atom. The summed E-state index contributed by atoms with van der Waals surface area (Å²) in [6.07, 6.45) is 5.26. The third-order valence-corrected chi connectivity index (χ3v) is 3.75. The molecule has 0 saturated carbocycles. The lowest BCUT2D eigenvalue weighted by Crippen LogP contribution is -2.32. The lowest BCUT2D eigenvalue weighted by molar-refractivity contribution is -0.0384. The summed E-state index contributed by atoms with van der Waals surface area (Å²) in [7, 11) is 0. The average Bonchev–Trinajstić information content (AvgIpc) is 2.60. The van der Waals surface area contributed by atoms with Crippen LogP contribution in [0.4, 0.5) is 0 Å². The first-order valence-electron chi connectivity index (χ1n) is 6.38. The van der Waals surface area contributed by atoms with E-state index in [1.54, 1.807) is 0 Å². The Hall–Kier alpha value is -0.120. The third kappa shape index (κ3) is 3.44. The highest BCUT2D eigenvalue weighted by Gasteiger charge is 2.24. The van der Waals surface area contributed by atoms with E-state index in [1.165, 1.54) is 45.3 Å². The SMILES string of the molecule is NCCCC1CCN(CCC2COC2)C1. The van der Waals surface area contributed by atoms with Gasteiger partial charge in [0.15, 0.2) is 0 Å². The molecule has 1 atom stereocenters. The topological polar surface area (TPSA) is 38.5 Å². The Bertz CT molecular complexity index is 182. The van der Waals surface area contributed by atoms with Gasteiger partial charge in [0.1, 0.15) is 0 Å². The van der Waals surface area contributed by atoms with Crippen LogP contribution in [-0.4, -0.2) is 44.3 Å². The largest absolute Gasteiger partial charge is 0.381 e. The van der Waals surface area contributed by atoms with Crippen molar-refractivity contribution in [1.82, 2.24) is 4.90 Å². The van der Waals surface area contributed by atoms with Gasteiger partial charge < -0.3 is 15.4 Å². The van der Waals surface area contributed by atoms with Crippen LogP contribution in [-0.2, 0) is 4.74 Å². The third-order valence-electron chi connectivity index (χ3n) is 3.75. The fourth-order valence-corrected chi connectivity index (χ4v) is 2.57. The predicted molar refractivity (Wildman–Crippen MR) is 61.8 cm³/mol. The van der Waals surface area contributed by atoms with Crippen LogP contribution in [0.3, 0.4) is 0 Å². The molecule has 3 heteroatoms. The van der Waals surface area contributed by atoms with E-state index in [2.05, 4.69) is 4.90 Å². The molecule has 2 heterocycles. The minimum Gasteiger partial charge on any atom is -0.381 e. The molecule has 2 fully saturated rings. The number of nitrogens with zero attached hydrogens (tertiary/aromatic N) is 1. The van der Waals surface area contributed by atoms with E-state index in [1.807, 2.05) is 0 Å². The number of likely N-dealkylation sites (tertiary alicyclic amines) is 1. The van der Waals surface area contributed by atoms with Gasteiger partial charge in [0.2, 0.25) is 0 Å². The van der Waals surface area contributed by atoms with E-state index in [0.717, 1.165) is 31.6 Å². The summed E-state index contributed by atoms with van der Waals surface area (Å²) in [5, 5.41) is 0. The summed E-state index contributed by atoms with van der Waals surface area (Å²) < 4.78 is 5.19. The Balaban J connectivity index is 1.55. The summed E-state index contributed by atoms with van der Waals surface area (Å²) in [6.45, 7) is 6.77. The second-order valence-electron chi connectivity index (χ2n) is 5.08. The molecular formula is C12H24N2O. The molecule has 0 radical (unpaired) electrons. The first-order chi connectivity index (χ1) is 7.38. The average molecular weight is 212 g/mol. The van der Waals surface area contributed by atoms with Crippen molar-refractivity contribution >= 4 is 0 Å². The Labute approximate surface area is 93.0 Å². The lowest BCUT2D eigenvalue weighted by atomic mass is 10.0. The van der Waals surface area contributed by atoms with Crippen LogP contribution >= 0.6 is 0 Å². The van der Waals surface area contributed by atoms with Crippen molar-refractivity contribution in [1.29, 1.82) is 0 Å². The van der Waals surface area contributed by atoms with E-state index in [4.69, 9.17) is 10.5 Å². The number of hydrogen-bond acceptors (Lipinski definition) is 3. The maximum Gasteiger partial charge on any atom is 0.0516 e. The minimum atomic E-state index is 0.855. The molecule has 88 valence electrons. The fourth-order valence-electron chi connectivity index (χ4n) is 2.57. The van der Waals surface area contributed by atoms with Gasteiger partial charge in [0.25, 0.3) is 0 Å². The molecule has 0 amide bonds. The van der Waals surface area contributed by atoms with Crippen LogP contribution in [0, 0.1) is 11.8 Å². The second kappa shape index (κ2) is 5.83. The first kappa shape index (κ1) is 11.4. The van der Waals surface area contributed by atoms with Gasteiger partial charge in [-0.15, -0.1) is 0 Å². The van der Waals surface area contributed by atoms with Crippen LogP contribution in [0.5, 0.6) is 0 Å². The van der Waals surface area contributed by atoms with Gasteiger partial charge in [0, 0.05) is 12.5 Å². The molecule has 2 aliphatic heterocycles. The van der Waals surface area contributed by atoms with Crippen LogP contribution in [0.1, 0.15) is 25.7 Å². The lowest BCUT2D eigenvalue weighted by Gasteiger charge is -2.27. The zero-order chi connectivity index (χ0) is 10.5. The molecule has 2 aliphatic rings. The van der Waals surface area contributed by atoms with E-state index in [0.29, 0.717) is 0 Å². The molecular weight excluding hydrogens is 188 g/mol. The summed E-state index contributed by atoms with van der Waals surface area (Å²) in [4.78, 5) is 2.62. The van der Waals surface area contributed by atoms with Crippen LogP contribution in [0.2, 0.25) is 0 Å². The zero-order valence-corrected chi connectivity index (χ0v) is 9.66. The molecule has 0 aromatic carbocycles. The van der Waals surface area contributed by atoms with Crippen LogP contribution in [0.25, 0.3) is 0 Å². The fraction of sp³-hybridized carbons (Fsp3) is 1.00. The molecule has 0 aromatic heterocycles. The molecule has 0 aliphatic carbocycles. The highest BCUT2D eigenvalue weighted by Crippen LogP contribution is 2.22. The molecule has 0 bridgehead atoms. The second-order valence-corrected chi connectivity index (χ2v) is 5.08. The number of rotatable bonds is 6. The van der Waals surface area contributed by atoms with Crippen LogP contribution < -0.4 is 5.73 Å². The van der Waals surface area contributed by atoms with Gasteiger partial charge in [-0.2, -0.15) is 0 Å². The summed E-state index contributed by atoms with van der Waals surface area (Å²) >= 11 is 0. The van der Waals surface area contributed by atoms with Gasteiger partial charge in [-0.1, -0.05) is 0 Å². The summed E-state index contributed by atoms with van der Waals surface area (Å²) in [6, 6.07) is 0. The van der Waals surface area contributed by atoms with Crippen molar-refractivity contribution in [2.75, 3.05) is 39.4 Å². The standard InChI is InChI=1S/C12H24N2O/c13-5-1-2-11-3-6-14(8-11)7-4-12-9-15-10-12/h11-12H,1-10,13H2. The molecule has 2 saturated heterocycles. The zero-order valence-electron chi connectivity index (χ0n) is 9.66. The highest BCUT2D eigenvalue weighted by molar-refractivity contribution is 4.77. The number of nitrogens with two attached hydrogens (primary N) is 1. The molecule has 2 N–H and O–H groups in total. The molecule has 2 rings (SSSR count). The van der Waals surface area contributed by atoms with E-state index >= 15 is 0 Å². The minimum absolute atomic E-state index is 0.855. The normalized spacial score (nSPS) is 28.2. The molecule has 0 aromatic rings. The van der Waals surface area contributed by atoms with Gasteiger partial charge in [-0.05, 0) is 51.2 Å². The van der Waals surface area contributed by atoms with Crippen molar-refractivity contribution < 1.29 is 4.74 Å².